The molecule has 2 aromatic rings. The van der Waals surface area contributed by atoms with Crippen LogP contribution < -0.4 is 4.90 Å². The summed E-state index contributed by atoms with van der Waals surface area (Å²) < 4.78 is 4.75. The molecule has 1 saturated heterocycles. The summed E-state index contributed by atoms with van der Waals surface area (Å²) in [6, 6.07) is 13.1. The summed E-state index contributed by atoms with van der Waals surface area (Å²) >= 11 is 6.21. The summed E-state index contributed by atoms with van der Waals surface area (Å²) in [6.07, 6.45) is -1.09. The minimum Gasteiger partial charge on any atom is -0.465 e. The summed E-state index contributed by atoms with van der Waals surface area (Å²) in [5.74, 6) is -2.70. The number of oxime groups is 1. The van der Waals surface area contributed by atoms with Gasteiger partial charge < -0.3 is 9.57 Å². The first-order chi connectivity index (χ1) is 13.0. The molecule has 0 N–H and O–H groups in total. The molecule has 2 aromatic carbocycles. The Morgan fingerprint density at radius 3 is 2.56 bits per heavy atom. The van der Waals surface area contributed by atoms with Crippen LogP contribution in [0, 0.1) is 5.92 Å². The van der Waals surface area contributed by atoms with E-state index in [9.17, 15) is 14.4 Å². The maximum Gasteiger partial charge on any atom is 0.339 e. The summed E-state index contributed by atoms with van der Waals surface area (Å²) in [5, 5.41) is 4.32. The zero-order chi connectivity index (χ0) is 19.1. The van der Waals surface area contributed by atoms with E-state index in [1.807, 2.05) is 0 Å². The highest BCUT2D eigenvalue weighted by molar-refractivity contribution is 6.38. The quantitative estimate of drug-likeness (QED) is 0.599. The Kier molecular flexibility index (Phi) is 4.16. The van der Waals surface area contributed by atoms with Crippen molar-refractivity contribution >= 4 is 40.8 Å². The van der Waals surface area contributed by atoms with Crippen LogP contribution in [0.3, 0.4) is 0 Å². The minimum absolute atomic E-state index is 0.109. The van der Waals surface area contributed by atoms with Crippen LogP contribution >= 0.6 is 11.6 Å². The second kappa shape index (κ2) is 6.51. The first-order valence-corrected chi connectivity index (χ1v) is 8.46. The molecule has 2 atom stereocenters. The molecule has 136 valence electrons. The van der Waals surface area contributed by atoms with E-state index in [0.717, 1.165) is 4.90 Å². The van der Waals surface area contributed by atoms with E-state index in [0.29, 0.717) is 16.3 Å². The van der Waals surface area contributed by atoms with Crippen molar-refractivity contribution < 1.29 is 24.0 Å². The molecule has 27 heavy (non-hydrogen) atoms. The number of halogens is 1. The van der Waals surface area contributed by atoms with E-state index in [2.05, 4.69) is 5.16 Å². The Morgan fingerprint density at radius 1 is 1.11 bits per heavy atom. The lowest BCUT2D eigenvalue weighted by Gasteiger charge is -2.18. The van der Waals surface area contributed by atoms with Crippen LogP contribution in [0.2, 0.25) is 5.02 Å². The van der Waals surface area contributed by atoms with Gasteiger partial charge in [-0.1, -0.05) is 47.1 Å². The number of ether oxygens (including phenoxy) is 1. The Balaban J connectivity index is 1.76. The number of benzene rings is 2. The van der Waals surface area contributed by atoms with E-state index >= 15 is 0 Å². The van der Waals surface area contributed by atoms with Crippen molar-refractivity contribution in [3.8, 4) is 0 Å². The highest BCUT2D eigenvalue weighted by Crippen LogP contribution is 2.37. The fourth-order valence-corrected chi connectivity index (χ4v) is 3.49. The number of hydrogen-bond donors (Lipinski definition) is 0. The lowest BCUT2D eigenvalue weighted by Crippen LogP contribution is -2.34. The molecule has 0 bridgehead atoms. The predicted octanol–water partition coefficient (Wildman–Crippen LogP) is 2.42. The highest BCUT2D eigenvalue weighted by atomic mass is 35.5. The second-order valence-electron chi connectivity index (χ2n) is 5.98. The van der Waals surface area contributed by atoms with Crippen LogP contribution in [-0.4, -0.2) is 36.7 Å². The van der Waals surface area contributed by atoms with Gasteiger partial charge in [-0.25, -0.2) is 9.69 Å². The molecule has 0 aromatic heterocycles. The van der Waals surface area contributed by atoms with Crippen LogP contribution in [0.1, 0.15) is 15.9 Å². The van der Waals surface area contributed by atoms with Crippen molar-refractivity contribution in [1.82, 2.24) is 0 Å². The summed E-state index contributed by atoms with van der Waals surface area (Å²) in [6.45, 7) is 0. The molecular formula is C19H13ClN2O5. The van der Waals surface area contributed by atoms with Gasteiger partial charge in [-0.2, -0.15) is 0 Å². The number of rotatable bonds is 3. The van der Waals surface area contributed by atoms with Crippen molar-refractivity contribution in [2.24, 2.45) is 11.1 Å². The standard InChI is InChI=1S/C19H13ClN2O5/c1-26-19(25)11-7-3-5-9-13(11)22-17(23)14-15(21-27-16(14)18(22)24)10-6-2-4-8-12(10)20/h2-9,14,16H,1H3/t14-,16-/m0/s1. The molecule has 2 heterocycles. The first-order valence-electron chi connectivity index (χ1n) is 8.08. The number of nitrogens with zero attached hydrogens (tertiary/aromatic N) is 2. The second-order valence-corrected chi connectivity index (χ2v) is 6.39. The number of para-hydroxylation sites is 1. The Hall–Kier alpha value is -3.19. The molecule has 0 aliphatic carbocycles. The average molecular weight is 385 g/mol. The molecule has 8 heteroatoms. The largest absolute Gasteiger partial charge is 0.465 e. The van der Waals surface area contributed by atoms with E-state index in [1.54, 1.807) is 36.4 Å². The van der Waals surface area contributed by atoms with Gasteiger partial charge in [0.05, 0.1) is 18.4 Å². The molecule has 4 rings (SSSR count). The lowest BCUT2D eigenvalue weighted by atomic mass is 9.94. The molecule has 0 unspecified atom stereocenters. The zero-order valence-electron chi connectivity index (χ0n) is 14.1. The van der Waals surface area contributed by atoms with Crippen molar-refractivity contribution in [3.63, 3.8) is 0 Å². The van der Waals surface area contributed by atoms with E-state index in [4.69, 9.17) is 21.2 Å². The highest BCUT2D eigenvalue weighted by Gasteiger charge is 2.56. The molecule has 0 spiro atoms. The third-order valence-corrected chi connectivity index (χ3v) is 4.84. The lowest BCUT2D eigenvalue weighted by molar-refractivity contribution is -0.126. The molecule has 2 aliphatic heterocycles. The monoisotopic (exact) mass is 384 g/mol. The molecule has 0 saturated carbocycles. The van der Waals surface area contributed by atoms with E-state index < -0.39 is 29.8 Å². The number of esters is 1. The molecule has 7 nitrogen and oxygen atoms in total. The molecule has 1 fully saturated rings. The zero-order valence-corrected chi connectivity index (χ0v) is 14.8. The van der Waals surface area contributed by atoms with Gasteiger partial charge in [0.15, 0.2) is 0 Å². The van der Waals surface area contributed by atoms with Crippen LogP contribution in [0.4, 0.5) is 5.69 Å². The van der Waals surface area contributed by atoms with E-state index in [-0.39, 0.29) is 11.3 Å². The van der Waals surface area contributed by atoms with Gasteiger partial charge in [-0.05, 0) is 18.2 Å². The molecule has 0 radical (unpaired) electrons. The Morgan fingerprint density at radius 2 is 1.81 bits per heavy atom. The van der Waals surface area contributed by atoms with Crippen LogP contribution in [-0.2, 0) is 19.2 Å². The first kappa shape index (κ1) is 17.2. The summed E-state index contributed by atoms with van der Waals surface area (Å²) in [4.78, 5) is 44.2. The van der Waals surface area contributed by atoms with Gasteiger partial charge >= 0.3 is 5.97 Å². The number of methoxy groups -OCH3 is 1. The number of carbonyl (C=O) groups excluding carboxylic acids is 3. The predicted molar refractivity (Wildman–Crippen MR) is 96.6 cm³/mol. The van der Waals surface area contributed by atoms with Crippen molar-refractivity contribution in [3.05, 3.63) is 64.7 Å². The maximum atomic E-state index is 13.1. The normalized spacial score (nSPS) is 21.0. The van der Waals surface area contributed by atoms with Crippen LogP contribution in [0.5, 0.6) is 0 Å². The fourth-order valence-electron chi connectivity index (χ4n) is 3.26. The molecule has 2 aliphatic rings. The smallest absolute Gasteiger partial charge is 0.339 e. The Labute approximate surface area is 159 Å². The van der Waals surface area contributed by atoms with Gasteiger partial charge in [0.2, 0.25) is 12.0 Å². The number of carbonyl (C=O) groups is 3. The van der Waals surface area contributed by atoms with Gasteiger partial charge in [-0.3, -0.25) is 9.59 Å². The average Bonchev–Trinajstić information content (AvgIpc) is 3.22. The number of hydrogen-bond acceptors (Lipinski definition) is 6. The third-order valence-electron chi connectivity index (χ3n) is 4.51. The van der Waals surface area contributed by atoms with Crippen molar-refractivity contribution in [1.29, 1.82) is 0 Å². The number of anilines is 1. The van der Waals surface area contributed by atoms with E-state index in [1.165, 1.54) is 19.2 Å². The minimum atomic E-state index is -1.09. The number of amides is 2. The van der Waals surface area contributed by atoms with Crippen LogP contribution in [0.15, 0.2) is 53.7 Å². The molecular weight excluding hydrogens is 372 g/mol. The number of fused-ring (bicyclic) bond motifs is 1. The molecule has 2 amide bonds. The summed E-state index contributed by atoms with van der Waals surface area (Å²) in [7, 11) is 1.23. The van der Waals surface area contributed by atoms with Crippen LogP contribution in [0.25, 0.3) is 0 Å². The SMILES string of the molecule is COC(=O)c1ccccc1N1C(=O)[C@H]2C(c3ccccc3Cl)=NO[C@@H]2C1=O. The summed E-state index contributed by atoms with van der Waals surface area (Å²) in [5.41, 5.74) is 1.08. The third kappa shape index (κ3) is 2.59. The Bertz CT molecular complexity index is 1000. The van der Waals surface area contributed by atoms with Crippen molar-refractivity contribution in [2.75, 3.05) is 12.0 Å². The van der Waals surface area contributed by atoms with Crippen molar-refractivity contribution in [2.45, 2.75) is 6.10 Å². The topological polar surface area (TPSA) is 85.3 Å². The number of imide groups is 1. The van der Waals surface area contributed by atoms with Gasteiger partial charge in [-0.15, -0.1) is 0 Å². The van der Waals surface area contributed by atoms with Gasteiger partial charge in [0.25, 0.3) is 5.91 Å². The van der Waals surface area contributed by atoms with Gasteiger partial charge in [0, 0.05) is 10.6 Å². The maximum absolute atomic E-state index is 13.1. The fraction of sp³-hybridized carbons (Fsp3) is 0.158. The van der Waals surface area contributed by atoms with Gasteiger partial charge in [0.1, 0.15) is 11.6 Å².